The molecular formula is C21H22ClNO5. The number of amides is 1. The summed E-state index contributed by atoms with van der Waals surface area (Å²) >= 11 is 6.28. The molecule has 0 bridgehead atoms. The van der Waals surface area contributed by atoms with Crippen LogP contribution in [0.4, 0.5) is 0 Å². The number of rotatable bonds is 6. The van der Waals surface area contributed by atoms with Crippen molar-refractivity contribution in [1.82, 2.24) is 5.32 Å². The summed E-state index contributed by atoms with van der Waals surface area (Å²) in [5.41, 5.74) is 1.61. The summed E-state index contributed by atoms with van der Waals surface area (Å²) in [6.45, 7) is 1.47. The van der Waals surface area contributed by atoms with E-state index in [2.05, 4.69) is 5.32 Å². The Morgan fingerprint density at radius 3 is 2.79 bits per heavy atom. The molecule has 3 rings (SSSR count). The lowest BCUT2D eigenvalue weighted by Crippen LogP contribution is -2.20. The average Bonchev–Trinajstić information content (AvgIpc) is 2.96. The van der Waals surface area contributed by atoms with Crippen LogP contribution in [0, 0.1) is 0 Å². The molecule has 0 aliphatic carbocycles. The van der Waals surface area contributed by atoms with Crippen molar-refractivity contribution in [2.24, 2.45) is 0 Å². The van der Waals surface area contributed by atoms with Crippen molar-refractivity contribution in [2.75, 3.05) is 27.4 Å². The smallest absolute Gasteiger partial charge is 0.244 e. The van der Waals surface area contributed by atoms with Crippen molar-refractivity contribution in [3.8, 4) is 23.0 Å². The molecule has 0 saturated carbocycles. The molecule has 1 aliphatic rings. The van der Waals surface area contributed by atoms with E-state index >= 15 is 0 Å². The van der Waals surface area contributed by atoms with E-state index in [1.165, 1.54) is 6.08 Å². The molecule has 1 heterocycles. The first-order chi connectivity index (χ1) is 13.6. The number of hydrogen-bond donors (Lipinski definition) is 1. The number of fused-ring (bicyclic) bond motifs is 1. The first-order valence-corrected chi connectivity index (χ1v) is 9.24. The van der Waals surface area contributed by atoms with Crippen LogP contribution in [0.15, 0.2) is 36.4 Å². The van der Waals surface area contributed by atoms with Gasteiger partial charge in [0.1, 0.15) is 11.5 Å². The minimum atomic E-state index is -0.235. The second-order valence-electron chi connectivity index (χ2n) is 6.11. The lowest BCUT2D eigenvalue weighted by Gasteiger charge is -2.12. The molecule has 0 spiro atoms. The Bertz CT molecular complexity index is 881. The Morgan fingerprint density at radius 1 is 1.18 bits per heavy atom. The van der Waals surface area contributed by atoms with E-state index in [-0.39, 0.29) is 5.91 Å². The Balaban J connectivity index is 1.64. The van der Waals surface area contributed by atoms with Crippen molar-refractivity contribution >= 4 is 23.6 Å². The number of carbonyl (C=O) groups excluding carboxylic acids is 1. The van der Waals surface area contributed by atoms with Crippen LogP contribution >= 0.6 is 11.6 Å². The molecular weight excluding hydrogens is 382 g/mol. The summed E-state index contributed by atoms with van der Waals surface area (Å²) in [7, 11) is 3.16. The minimum Gasteiger partial charge on any atom is -0.497 e. The van der Waals surface area contributed by atoms with Crippen LogP contribution in [0.3, 0.4) is 0 Å². The highest BCUT2D eigenvalue weighted by Crippen LogP contribution is 2.38. The van der Waals surface area contributed by atoms with Gasteiger partial charge in [-0.25, -0.2) is 0 Å². The van der Waals surface area contributed by atoms with Crippen molar-refractivity contribution in [3.63, 3.8) is 0 Å². The third kappa shape index (κ3) is 4.89. The topological polar surface area (TPSA) is 66.0 Å². The number of ether oxygens (including phenoxy) is 4. The van der Waals surface area contributed by atoms with Crippen LogP contribution in [0.1, 0.15) is 17.5 Å². The maximum Gasteiger partial charge on any atom is 0.244 e. The second kappa shape index (κ2) is 9.37. The van der Waals surface area contributed by atoms with Gasteiger partial charge < -0.3 is 24.3 Å². The Labute approximate surface area is 169 Å². The summed E-state index contributed by atoms with van der Waals surface area (Å²) in [4.78, 5) is 12.2. The van der Waals surface area contributed by atoms with Crippen LogP contribution in [0.2, 0.25) is 5.02 Å². The summed E-state index contributed by atoms with van der Waals surface area (Å²) in [5, 5.41) is 3.31. The summed E-state index contributed by atoms with van der Waals surface area (Å²) < 4.78 is 21.8. The molecule has 0 atom stereocenters. The molecule has 1 amide bonds. The SMILES string of the molecule is COc1ccc(/C=C/C(=O)NCc2cc(Cl)c3c(c2)OCCCO3)c(OC)c1. The van der Waals surface area contributed by atoms with Crippen molar-refractivity contribution in [2.45, 2.75) is 13.0 Å². The normalized spacial score (nSPS) is 13.1. The van der Waals surface area contributed by atoms with Crippen LogP contribution in [-0.2, 0) is 11.3 Å². The van der Waals surface area contributed by atoms with E-state index in [1.54, 1.807) is 38.5 Å². The number of benzene rings is 2. The molecule has 2 aromatic carbocycles. The van der Waals surface area contributed by atoms with Crippen LogP contribution in [0.25, 0.3) is 6.08 Å². The quantitative estimate of drug-likeness (QED) is 0.742. The van der Waals surface area contributed by atoms with E-state index in [4.69, 9.17) is 30.5 Å². The Hall–Kier alpha value is -2.86. The molecule has 0 unspecified atom stereocenters. The van der Waals surface area contributed by atoms with Crippen LogP contribution in [0.5, 0.6) is 23.0 Å². The van der Waals surface area contributed by atoms with E-state index in [1.807, 2.05) is 12.1 Å². The number of methoxy groups -OCH3 is 2. The van der Waals surface area contributed by atoms with E-state index < -0.39 is 0 Å². The first-order valence-electron chi connectivity index (χ1n) is 8.86. The van der Waals surface area contributed by atoms with Gasteiger partial charge in [0.2, 0.25) is 5.91 Å². The number of carbonyl (C=O) groups is 1. The molecule has 0 aromatic heterocycles. The first kappa shape index (κ1) is 19.9. The summed E-state index contributed by atoms with van der Waals surface area (Å²) in [5.74, 6) is 2.23. The largest absolute Gasteiger partial charge is 0.497 e. The second-order valence-corrected chi connectivity index (χ2v) is 6.52. The number of nitrogens with one attached hydrogen (secondary N) is 1. The molecule has 148 valence electrons. The number of hydrogen-bond acceptors (Lipinski definition) is 5. The van der Waals surface area contributed by atoms with Gasteiger partial charge in [-0.15, -0.1) is 0 Å². The molecule has 1 N–H and O–H groups in total. The van der Waals surface area contributed by atoms with Gasteiger partial charge in [0.05, 0.1) is 32.5 Å². The highest BCUT2D eigenvalue weighted by atomic mass is 35.5. The van der Waals surface area contributed by atoms with Crippen LogP contribution < -0.4 is 24.3 Å². The highest BCUT2D eigenvalue weighted by molar-refractivity contribution is 6.32. The fourth-order valence-corrected chi connectivity index (χ4v) is 3.04. The van der Waals surface area contributed by atoms with Gasteiger partial charge >= 0.3 is 0 Å². The molecule has 0 radical (unpaired) electrons. The fourth-order valence-electron chi connectivity index (χ4n) is 2.76. The molecule has 0 saturated heterocycles. The Kier molecular flexibility index (Phi) is 6.66. The maximum atomic E-state index is 12.2. The van der Waals surface area contributed by atoms with E-state index in [9.17, 15) is 4.79 Å². The van der Waals surface area contributed by atoms with Crippen molar-refractivity contribution in [1.29, 1.82) is 0 Å². The molecule has 2 aromatic rings. The standard InChI is InChI=1S/C21H22ClNO5/c1-25-16-6-4-15(18(12-16)26-2)5-7-20(24)23-13-14-10-17(22)21-19(11-14)27-8-3-9-28-21/h4-7,10-12H,3,8-9,13H2,1-2H3,(H,23,24)/b7-5+. The van der Waals surface area contributed by atoms with E-state index in [0.29, 0.717) is 47.8 Å². The van der Waals surface area contributed by atoms with Gasteiger partial charge in [-0.05, 0) is 35.9 Å². The van der Waals surface area contributed by atoms with Gasteiger partial charge in [-0.2, -0.15) is 0 Å². The summed E-state index contributed by atoms with van der Waals surface area (Å²) in [6.07, 6.45) is 3.94. The zero-order valence-electron chi connectivity index (χ0n) is 15.8. The third-order valence-corrected chi connectivity index (χ3v) is 4.46. The molecule has 0 fully saturated rings. The highest BCUT2D eigenvalue weighted by Gasteiger charge is 2.15. The predicted molar refractivity (Wildman–Crippen MR) is 107 cm³/mol. The molecule has 28 heavy (non-hydrogen) atoms. The van der Waals surface area contributed by atoms with Crippen molar-refractivity contribution < 1.29 is 23.7 Å². The monoisotopic (exact) mass is 403 g/mol. The van der Waals surface area contributed by atoms with Crippen molar-refractivity contribution in [3.05, 3.63) is 52.6 Å². The molecule has 7 heteroatoms. The zero-order chi connectivity index (χ0) is 19.9. The van der Waals surface area contributed by atoms with Crippen LogP contribution in [-0.4, -0.2) is 33.3 Å². The lowest BCUT2D eigenvalue weighted by molar-refractivity contribution is -0.116. The van der Waals surface area contributed by atoms with Gasteiger partial charge in [0, 0.05) is 30.7 Å². The van der Waals surface area contributed by atoms with Gasteiger partial charge in [-0.1, -0.05) is 11.6 Å². The predicted octanol–water partition coefficient (Wildman–Crippen LogP) is 3.85. The van der Waals surface area contributed by atoms with Gasteiger partial charge in [0.25, 0.3) is 0 Å². The molecule has 6 nitrogen and oxygen atoms in total. The average molecular weight is 404 g/mol. The van der Waals surface area contributed by atoms with Gasteiger partial charge in [0.15, 0.2) is 11.5 Å². The maximum absolute atomic E-state index is 12.2. The fraction of sp³-hybridized carbons (Fsp3) is 0.286. The third-order valence-electron chi connectivity index (χ3n) is 4.18. The lowest BCUT2D eigenvalue weighted by atomic mass is 10.1. The Morgan fingerprint density at radius 2 is 2.00 bits per heavy atom. The van der Waals surface area contributed by atoms with Gasteiger partial charge in [-0.3, -0.25) is 4.79 Å². The number of halogens is 1. The summed E-state index contributed by atoms with van der Waals surface area (Å²) in [6, 6.07) is 9.00. The molecule has 1 aliphatic heterocycles. The minimum absolute atomic E-state index is 0.235. The van der Waals surface area contributed by atoms with E-state index in [0.717, 1.165) is 17.5 Å². The zero-order valence-corrected chi connectivity index (χ0v) is 16.5.